The molecular formula is C11H13N5O2. The first-order chi connectivity index (χ1) is 8.66. The summed E-state index contributed by atoms with van der Waals surface area (Å²) in [5.74, 6) is 1.12. The maximum absolute atomic E-state index is 11.6. The normalized spacial score (nSPS) is 10.1. The fourth-order valence-electron chi connectivity index (χ4n) is 1.32. The second-order valence-electron chi connectivity index (χ2n) is 3.83. The van der Waals surface area contributed by atoms with Gasteiger partial charge in [-0.05, 0) is 12.1 Å². The van der Waals surface area contributed by atoms with Gasteiger partial charge in [-0.2, -0.15) is 4.98 Å². The molecule has 0 fully saturated rings. The summed E-state index contributed by atoms with van der Waals surface area (Å²) in [5, 5.41) is 6.68. The number of nitrogens with one attached hydrogen (secondary N) is 1. The minimum Gasteiger partial charge on any atom is -0.363 e. The fraction of sp³-hybridized carbons (Fsp3) is 0.273. The molecule has 7 nitrogen and oxygen atoms in total. The molecule has 0 radical (unpaired) electrons. The number of pyridine rings is 1. The Morgan fingerprint density at radius 1 is 1.39 bits per heavy atom. The molecule has 18 heavy (non-hydrogen) atoms. The van der Waals surface area contributed by atoms with Crippen LogP contribution in [0.1, 0.15) is 16.2 Å². The van der Waals surface area contributed by atoms with Gasteiger partial charge in [-0.1, -0.05) is 5.16 Å². The Morgan fingerprint density at radius 3 is 2.78 bits per heavy atom. The Balaban J connectivity index is 1.97. The minimum absolute atomic E-state index is 0.0767. The summed E-state index contributed by atoms with van der Waals surface area (Å²) in [4.78, 5) is 21.1. The van der Waals surface area contributed by atoms with Crippen LogP contribution in [0.4, 0.5) is 5.82 Å². The highest BCUT2D eigenvalue weighted by molar-refractivity contribution is 5.93. The van der Waals surface area contributed by atoms with E-state index in [0.29, 0.717) is 23.8 Å². The molecule has 0 atom stereocenters. The van der Waals surface area contributed by atoms with E-state index >= 15 is 0 Å². The van der Waals surface area contributed by atoms with Crippen molar-refractivity contribution >= 4 is 11.7 Å². The standard InChI is InChI=1S/C11H13N5O2/c1-16(2)11(17)8-3-4-9(12-5-8)13-6-10-14-7-18-15-10/h3-5,7H,6H2,1-2H3,(H,12,13). The Kier molecular flexibility index (Phi) is 3.52. The summed E-state index contributed by atoms with van der Waals surface area (Å²) in [6.45, 7) is 0.421. The largest absolute Gasteiger partial charge is 0.363 e. The van der Waals surface area contributed by atoms with Gasteiger partial charge in [0.25, 0.3) is 5.91 Å². The molecule has 1 N–H and O–H groups in total. The fourth-order valence-corrected chi connectivity index (χ4v) is 1.32. The molecule has 0 aliphatic heterocycles. The Labute approximate surface area is 104 Å². The monoisotopic (exact) mass is 247 g/mol. The van der Waals surface area contributed by atoms with Gasteiger partial charge in [-0.3, -0.25) is 4.79 Å². The van der Waals surface area contributed by atoms with Crippen LogP contribution in [0.5, 0.6) is 0 Å². The third-order valence-corrected chi connectivity index (χ3v) is 2.25. The van der Waals surface area contributed by atoms with Crippen molar-refractivity contribution in [1.29, 1.82) is 0 Å². The molecule has 0 aliphatic carbocycles. The molecule has 7 heteroatoms. The molecule has 0 saturated carbocycles. The zero-order valence-electron chi connectivity index (χ0n) is 10.1. The number of rotatable bonds is 4. The number of aromatic nitrogens is 3. The van der Waals surface area contributed by atoms with Crippen LogP contribution in [0.3, 0.4) is 0 Å². The molecule has 0 unspecified atom stereocenters. The number of nitrogens with zero attached hydrogens (tertiary/aromatic N) is 4. The quantitative estimate of drug-likeness (QED) is 0.859. The lowest BCUT2D eigenvalue weighted by Gasteiger charge is -2.10. The first-order valence-electron chi connectivity index (χ1n) is 5.33. The van der Waals surface area contributed by atoms with Crippen LogP contribution in [0, 0.1) is 0 Å². The third-order valence-electron chi connectivity index (χ3n) is 2.25. The molecular weight excluding hydrogens is 234 g/mol. The highest BCUT2D eigenvalue weighted by atomic mass is 16.5. The molecule has 94 valence electrons. The van der Waals surface area contributed by atoms with Gasteiger partial charge in [0, 0.05) is 20.3 Å². The van der Waals surface area contributed by atoms with Crippen molar-refractivity contribution in [3.8, 4) is 0 Å². The van der Waals surface area contributed by atoms with Gasteiger partial charge >= 0.3 is 0 Å². The van der Waals surface area contributed by atoms with Gasteiger partial charge in [0.2, 0.25) is 6.39 Å². The predicted octanol–water partition coefficient (Wildman–Crippen LogP) is 0.778. The molecule has 0 bridgehead atoms. The molecule has 2 aromatic heterocycles. The van der Waals surface area contributed by atoms with Gasteiger partial charge in [0.05, 0.1) is 12.1 Å². The number of anilines is 1. The molecule has 0 aromatic carbocycles. The molecule has 1 amide bonds. The van der Waals surface area contributed by atoms with E-state index in [4.69, 9.17) is 0 Å². The van der Waals surface area contributed by atoms with Crippen LogP contribution >= 0.6 is 0 Å². The van der Waals surface area contributed by atoms with Crippen LogP contribution in [0.25, 0.3) is 0 Å². The molecule has 0 spiro atoms. The zero-order chi connectivity index (χ0) is 13.0. The lowest BCUT2D eigenvalue weighted by molar-refractivity contribution is 0.0827. The molecule has 0 saturated heterocycles. The topological polar surface area (TPSA) is 84.2 Å². The van der Waals surface area contributed by atoms with Gasteiger partial charge in [-0.25, -0.2) is 4.98 Å². The van der Waals surface area contributed by atoms with Crippen molar-refractivity contribution in [2.75, 3.05) is 19.4 Å². The summed E-state index contributed by atoms with van der Waals surface area (Å²) in [5.41, 5.74) is 0.546. The van der Waals surface area contributed by atoms with E-state index in [2.05, 4.69) is 25.0 Å². The first kappa shape index (κ1) is 12.0. The van der Waals surface area contributed by atoms with E-state index in [1.54, 1.807) is 26.2 Å². The number of hydrogen-bond acceptors (Lipinski definition) is 6. The van der Waals surface area contributed by atoms with Crippen molar-refractivity contribution in [1.82, 2.24) is 20.0 Å². The van der Waals surface area contributed by atoms with Gasteiger partial charge < -0.3 is 14.7 Å². The average Bonchev–Trinajstić information content (AvgIpc) is 2.89. The average molecular weight is 247 g/mol. The van der Waals surface area contributed by atoms with Crippen LogP contribution < -0.4 is 5.32 Å². The Hall–Kier alpha value is -2.44. The number of amides is 1. The van der Waals surface area contributed by atoms with E-state index in [1.165, 1.54) is 17.5 Å². The minimum atomic E-state index is -0.0767. The second kappa shape index (κ2) is 5.26. The van der Waals surface area contributed by atoms with Crippen molar-refractivity contribution in [3.05, 3.63) is 36.1 Å². The Bertz CT molecular complexity index is 507. The maximum atomic E-state index is 11.6. The van der Waals surface area contributed by atoms with Crippen LogP contribution in [0.2, 0.25) is 0 Å². The second-order valence-corrected chi connectivity index (χ2v) is 3.83. The van der Waals surface area contributed by atoms with Crippen molar-refractivity contribution in [3.63, 3.8) is 0 Å². The number of carbonyl (C=O) groups excluding carboxylic acids is 1. The van der Waals surface area contributed by atoms with Crippen LogP contribution in [0.15, 0.2) is 29.2 Å². The lowest BCUT2D eigenvalue weighted by Crippen LogP contribution is -2.21. The van der Waals surface area contributed by atoms with Crippen LogP contribution in [-0.2, 0) is 6.54 Å². The van der Waals surface area contributed by atoms with Crippen molar-refractivity contribution < 1.29 is 9.32 Å². The summed E-state index contributed by atoms with van der Waals surface area (Å²) >= 11 is 0. The van der Waals surface area contributed by atoms with Gasteiger partial charge in [0.1, 0.15) is 5.82 Å². The molecule has 2 rings (SSSR count). The highest BCUT2D eigenvalue weighted by Gasteiger charge is 2.08. The van der Waals surface area contributed by atoms with E-state index < -0.39 is 0 Å². The molecule has 0 aliphatic rings. The van der Waals surface area contributed by atoms with E-state index in [-0.39, 0.29) is 5.91 Å². The smallest absolute Gasteiger partial charge is 0.254 e. The highest BCUT2D eigenvalue weighted by Crippen LogP contribution is 2.07. The van der Waals surface area contributed by atoms with Gasteiger partial charge in [-0.15, -0.1) is 0 Å². The molecule has 2 aromatic rings. The van der Waals surface area contributed by atoms with Crippen LogP contribution in [-0.4, -0.2) is 40.0 Å². The molecule has 2 heterocycles. The van der Waals surface area contributed by atoms with Crippen molar-refractivity contribution in [2.24, 2.45) is 0 Å². The zero-order valence-corrected chi connectivity index (χ0v) is 10.1. The Morgan fingerprint density at radius 2 is 2.22 bits per heavy atom. The maximum Gasteiger partial charge on any atom is 0.254 e. The summed E-state index contributed by atoms with van der Waals surface area (Å²) < 4.78 is 4.61. The van der Waals surface area contributed by atoms with Crippen molar-refractivity contribution in [2.45, 2.75) is 6.54 Å². The predicted molar refractivity (Wildman–Crippen MR) is 63.9 cm³/mol. The summed E-state index contributed by atoms with van der Waals surface area (Å²) in [7, 11) is 3.40. The summed E-state index contributed by atoms with van der Waals surface area (Å²) in [6, 6.07) is 3.45. The van der Waals surface area contributed by atoms with E-state index in [1.807, 2.05) is 0 Å². The lowest BCUT2D eigenvalue weighted by atomic mass is 10.2. The third kappa shape index (κ3) is 2.82. The number of carbonyl (C=O) groups is 1. The SMILES string of the molecule is CN(C)C(=O)c1ccc(NCc2ncon2)nc1. The van der Waals surface area contributed by atoms with E-state index in [0.717, 1.165) is 0 Å². The van der Waals surface area contributed by atoms with E-state index in [9.17, 15) is 4.79 Å². The summed E-state index contributed by atoms with van der Waals surface area (Å²) in [6.07, 6.45) is 2.80. The van der Waals surface area contributed by atoms with Gasteiger partial charge in [0.15, 0.2) is 5.82 Å². The number of hydrogen-bond donors (Lipinski definition) is 1. The first-order valence-corrected chi connectivity index (χ1v) is 5.33.